The minimum Gasteiger partial charge on any atom is -0.346 e. The van der Waals surface area contributed by atoms with E-state index in [-0.39, 0.29) is 40.6 Å². The highest BCUT2D eigenvalue weighted by molar-refractivity contribution is 8.14. The van der Waals surface area contributed by atoms with Crippen LogP contribution in [0.25, 0.3) is 0 Å². The Balaban J connectivity index is 1.74. The highest BCUT2D eigenvalue weighted by atomic mass is 32.2. The Labute approximate surface area is 131 Å². The minimum absolute atomic E-state index is 0.166. The summed E-state index contributed by atoms with van der Waals surface area (Å²) in [5.41, 5.74) is 0.236. The number of carbonyl (C=O) groups is 3. The lowest BCUT2D eigenvalue weighted by atomic mass is 9.89. The van der Waals surface area contributed by atoms with Crippen LogP contribution in [0.2, 0.25) is 0 Å². The molecule has 0 aromatic carbocycles. The van der Waals surface area contributed by atoms with Crippen molar-refractivity contribution in [2.24, 2.45) is 0 Å². The van der Waals surface area contributed by atoms with Gasteiger partial charge in [-0.25, -0.2) is 4.98 Å². The average molecular weight is 320 g/mol. The summed E-state index contributed by atoms with van der Waals surface area (Å²) in [6.45, 7) is 0. The SMILES string of the molecule is O=C(N[C@H]1CCCC[C@H]1N1C(=O)CSC1=O)c1cnccn1. The number of imide groups is 1. The summed E-state index contributed by atoms with van der Waals surface area (Å²) in [6, 6.07) is -0.487. The number of thioether (sulfide) groups is 1. The van der Waals surface area contributed by atoms with E-state index in [1.165, 1.54) is 23.5 Å². The Morgan fingerprint density at radius 1 is 1.27 bits per heavy atom. The lowest BCUT2D eigenvalue weighted by Crippen LogP contribution is -2.54. The van der Waals surface area contributed by atoms with Crippen molar-refractivity contribution >= 4 is 28.8 Å². The van der Waals surface area contributed by atoms with Crippen LogP contribution in [0.1, 0.15) is 36.2 Å². The van der Waals surface area contributed by atoms with Crippen molar-refractivity contribution in [1.29, 1.82) is 0 Å². The van der Waals surface area contributed by atoms with Crippen molar-refractivity contribution < 1.29 is 14.4 Å². The van der Waals surface area contributed by atoms with E-state index in [9.17, 15) is 14.4 Å². The van der Waals surface area contributed by atoms with Gasteiger partial charge in [0.15, 0.2) is 0 Å². The van der Waals surface area contributed by atoms with E-state index in [1.807, 2.05) is 0 Å². The molecule has 1 saturated carbocycles. The predicted molar refractivity (Wildman–Crippen MR) is 80.2 cm³/mol. The van der Waals surface area contributed by atoms with Crippen LogP contribution in [0, 0.1) is 0 Å². The van der Waals surface area contributed by atoms with Crippen LogP contribution in [0.15, 0.2) is 18.6 Å². The van der Waals surface area contributed by atoms with Gasteiger partial charge in [-0.15, -0.1) is 0 Å². The molecule has 1 N–H and O–H groups in total. The fourth-order valence-corrected chi connectivity index (χ4v) is 3.69. The first-order chi connectivity index (χ1) is 10.7. The van der Waals surface area contributed by atoms with E-state index >= 15 is 0 Å². The second kappa shape index (κ2) is 6.43. The van der Waals surface area contributed by atoms with Gasteiger partial charge < -0.3 is 5.32 Å². The summed E-state index contributed by atoms with van der Waals surface area (Å²) < 4.78 is 0. The molecular formula is C14H16N4O3S. The fraction of sp³-hybridized carbons (Fsp3) is 0.500. The maximum absolute atomic E-state index is 12.2. The molecule has 3 amide bonds. The summed E-state index contributed by atoms with van der Waals surface area (Å²) in [6.07, 6.45) is 7.74. The lowest BCUT2D eigenvalue weighted by Gasteiger charge is -2.36. The van der Waals surface area contributed by atoms with Gasteiger partial charge in [0.1, 0.15) is 5.69 Å². The molecule has 8 heteroatoms. The molecule has 0 bridgehead atoms. The first-order valence-electron chi connectivity index (χ1n) is 7.22. The van der Waals surface area contributed by atoms with E-state index < -0.39 is 0 Å². The second-order valence-corrected chi connectivity index (χ2v) is 6.27. The smallest absolute Gasteiger partial charge is 0.289 e. The monoisotopic (exact) mass is 320 g/mol. The van der Waals surface area contributed by atoms with Gasteiger partial charge >= 0.3 is 0 Å². The Kier molecular flexibility index (Phi) is 4.37. The van der Waals surface area contributed by atoms with Crippen LogP contribution < -0.4 is 5.32 Å². The molecule has 2 fully saturated rings. The number of hydrogen-bond donors (Lipinski definition) is 1. The average Bonchev–Trinajstić information content (AvgIpc) is 2.88. The summed E-state index contributed by atoms with van der Waals surface area (Å²) in [4.78, 5) is 45.3. The number of nitrogens with one attached hydrogen (secondary N) is 1. The van der Waals surface area contributed by atoms with Gasteiger partial charge in [0.25, 0.3) is 11.1 Å². The number of hydrogen-bond acceptors (Lipinski definition) is 6. The highest BCUT2D eigenvalue weighted by Gasteiger charge is 2.41. The van der Waals surface area contributed by atoms with E-state index in [1.54, 1.807) is 0 Å². The number of rotatable bonds is 3. The zero-order valence-corrected chi connectivity index (χ0v) is 12.7. The largest absolute Gasteiger partial charge is 0.346 e. The molecule has 0 unspecified atom stereocenters. The van der Waals surface area contributed by atoms with E-state index in [4.69, 9.17) is 0 Å². The maximum atomic E-state index is 12.2. The van der Waals surface area contributed by atoms with Gasteiger partial charge in [0.2, 0.25) is 5.91 Å². The highest BCUT2D eigenvalue weighted by Crippen LogP contribution is 2.30. The zero-order chi connectivity index (χ0) is 15.5. The van der Waals surface area contributed by atoms with Crippen LogP contribution in [0.5, 0.6) is 0 Å². The molecule has 7 nitrogen and oxygen atoms in total. The summed E-state index contributed by atoms with van der Waals surface area (Å²) in [7, 11) is 0. The van der Waals surface area contributed by atoms with Crippen LogP contribution in [-0.2, 0) is 4.79 Å². The standard InChI is InChI=1S/C14H16N4O3S/c19-12-8-22-14(21)18(12)11-4-2-1-3-9(11)17-13(20)10-7-15-5-6-16-10/h5-7,9,11H,1-4,8H2,(H,17,20)/t9-,11+/m0/s1. The van der Waals surface area contributed by atoms with E-state index in [2.05, 4.69) is 15.3 Å². The molecule has 1 aliphatic carbocycles. The Morgan fingerprint density at radius 2 is 2.09 bits per heavy atom. The Bertz CT molecular complexity index is 579. The second-order valence-electron chi connectivity index (χ2n) is 5.34. The molecule has 1 saturated heterocycles. The molecule has 2 atom stereocenters. The van der Waals surface area contributed by atoms with Crippen molar-refractivity contribution in [3.8, 4) is 0 Å². The normalized spacial score (nSPS) is 25.4. The van der Waals surface area contributed by atoms with Gasteiger partial charge in [-0.3, -0.25) is 24.3 Å². The minimum atomic E-state index is -0.322. The molecule has 2 heterocycles. The molecule has 3 rings (SSSR count). The van der Waals surface area contributed by atoms with Crippen molar-refractivity contribution in [2.75, 3.05) is 5.75 Å². The van der Waals surface area contributed by atoms with Gasteiger partial charge in [0, 0.05) is 12.4 Å². The van der Waals surface area contributed by atoms with E-state index in [0.29, 0.717) is 0 Å². The summed E-state index contributed by atoms with van der Waals surface area (Å²) >= 11 is 1.03. The van der Waals surface area contributed by atoms with Crippen LogP contribution in [0.4, 0.5) is 4.79 Å². The first-order valence-corrected chi connectivity index (χ1v) is 8.21. The first kappa shape index (κ1) is 15.0. The molecule has 2 aliphatic rings. The molecule has 0 spiro atoms. The summed E-state index contributed by atoms with van der Waals surface area (Å²) in [5.74, 6) is -0.294. The van der Waals surface area contributed by atoms with Crippen molar-refractivity contribution in [1.82, 2.24) is 20.2 Å². The molecule has 0 radical (unpaired) electrons. The Hall–Kier alpha value is -1.96. The third-order valence-corrected chi connectivity index (χ3v) is 4.79. The molecule has 1 aliphatic heterocycles. The quantitative estimate of drug-likeness (QED) is 0.900. The van der Waals surface area contributed by atoms with Crippen molar-refractivity contribution in [3.63, 3.8) is 0 Å². The van der Waals surface area contributed by atoms with Gasteiger partial charge in [0.05, 0.1) is 24.0 Å². The lowest BCUT2D eigenvalue weighted by molar-refractivity contribution is -0.127. The number of carbonyl (C=O) groups excluding carboxylic acids is 3. The predicted octanol–water partition coefficient (Wildman–Crippen LogP) is 1.21. The zero-order valence-electron chi connectivity index (χ0n) is 11.9. The van der Waals surface area contributed by atoms with E-state index in [0.717, 1.165) is 37.4 Å². The van der Waals surface area contributed by atoms with Crippen LogP contribution >= 0.6 is 11.8 Å². The fourth-order valence-electron chi connectivity index (χ4n) is 2.93. The molecule has 1 aromatic heterocycles. The van der Waals surface area contributed by atoms with Gasteiger partial charge in [-0.1, -0.05) is 24.6 Å². The topological polar surface area (TPSA) is 92.3 Å². The number of amides is 3. The van der Waals surface area contributed by atoms with Gasteiger partial charge in [-0.05, 0) is 12.8 Å². The van der Waals surface area contributed by atoms with Gasteiger partial charge in [-0.2, -0.15) is 0 Å². The number of aromatic nitrogens is 2. The molecular weight excluding hydrogens is 304 g/mol. The van der Waals surface area contributed by atoms with Crippen LogP contribution in [0.3, 0.4) is 0 Å². The number of nitrogens with zero attached hydrogens (tertiary/aromatic N) is 3. The third kappa shape index (κ3) is 2.96. The third-order valence-electron chi connectivity index (χ3n) is 3.96. The molecule has 22 heavy (non-hydrogen) atoms. The molecule has 1 aromatic rings. The Morgan fingerprint density at radius 3 is 2.77 bits per heavy atom. The van der Waals surface area contributed by atoms with Crippen molar-refractivity contribution in [2.45, 2.75) is 37.8 Å². The molecule has 116 valence electrons. The van der Waals surface area contributed by atoms with Crippen LogP contribution in [-0.4, -0.2) is 49.8 Å². The van der Waals surface area contributed by atoms with Crippen molar-refractivity contribution in [3.05, 3.63) is 24.3 Å². The maximum Gasteiger partial charge on any atom is 0.289 e. The summed E-state index contributed by atoms with van der Waals surface area (Å²) in [5, 5.41) is 2.69.